The Morgan fingerprint density at radius 1 is 1.35 bits per heavy atom. The van der Waals surface area contributed by atoms with Gasteiger partial charge in [0, 0.05) is 24.9 Å². The second-order valence-corrected chi connectivity index (χ2v) is 6.52. The van der Waals surface area contributed by atoms with Crippen LogP contribution >= 0.6 is 11.5 Å². The fourth-order valence-electron chi connectivity index (χ4n) is 3.40. The molecule has 20 heavy (non-hydrogen) atoms. The lowest BCUT2D eigenvalue weighted by Crippen LogP contribution is -2.40. The largest absolute Gasteiger partial charge is 0.337 e. The minimum absolute atomic E-state index is 0.0375. The number of carbonyl (C=O) groups is 2. The molecule has 3 aliphatic rings. The van der Waals surface area contributed by atoms with Gasteiger partial charge in [0.2, 0.25) is 5.91 Å². The van der Waals surface area contributed by atoms with Gasteiger partial charge in [-0.2, -0.15) is 0 Å². The van der Waals surface area contributed by atoms with Crippen LogP contribution in [0.3, 0.4) is 0 Å². The van der Waals surface area contributed by atoms with Gasteiger partial charge < -0.3 is 9.80 Å². The number of fused-ring (bicyclic) bond motifs is 1. The van der Waals surface area contributed by atoms with E-state index in [1.165, 1.54) is 24.4 Å². The lowest BCUT2D eigenvalue weighted by molar-refractivity contribution is -0.129. The lowest BCUT2D eigenvalue weighted by atomic mass is 10.1. The first-order valence-electron chi connectivity index (χ1n) is 7.11. The zero-order valence-corrected chi connectivity index (χ0v) is 11.9. The molecule has 2 saturated heterocycles. The maximum absolute atomic E-state index is 12.4. The van der Waals surface area contributed by atoms with Gasteiger partial charge in [0.1, 0.15) is 0 Å². The smallest absolute Gasteiger partial charge is 0.275 e. The van der Waals surface area contributed by atoms with E-state index < -0.39 is 0 Å². The highest BCUT2D eigenvalue weighted by Crippen LogP contribution is 2.37. The van der Waals surface area contributed by atoms with Gasteiger partial charge in [-0.15, -0.1) is 5.10 Å². The number of amides is 2. The van der Waals surface area contributed by atoms with E-state index in [1.54, 1.807) is 5.38 Å². The maximum atomic E-state index is 12.4. The van der Waals surface area contributed by atoms with Crippen molar-refractivity contribution in [2.24, 2.45) is 5.92 Å². The van der Waals surface area contributed by atoms with E-state index in [2.05, 4.69) is 9.59 Å². The number of hydrogen-bond acceptors (Lipinski definition) is 5. The topological polar surface area (TPSA) is 66.4 Å². The van der Waals surface area contributed by atoms with Gasteiger partial charge in [0.25, 0.3) is 5.91 Å². The van der Waals surface area contributed by atoms with Gasteiger partial charge in [0.15, 0.2) is 5.69 Å². The third kappa shape index (κ3) is 1.91. The molecule has 0 radical (unpaired) electrons. The van der Waals surface area contributed by atoms with E-state index in [0.29, 0.717) is 18.0 Å². The van der Waals surface area contributed by atoms with Crippen LogP contribution in [0, 0.1) is 5.92 Å². The van der Waals surface area contributed by atoms with Crippen LogP contribution in [0.5, 0.6) is 0 Å². The van der Waals surface area contributed by atoms with Crippen LogP contribution in [0.15, 0.2) is 5.38 Å². The van der Waals surface area contributed by atoms with Gasteiger partial charge in [-0.05, 0) is 36.7 Å². The Morgan fingerprint density at radius 2 is 2.20 bits per heavy atom. The van der Waals surface area contributed by atoms with Crippen molar-refractivity contribution < 1.29 is 9.59 Å². The van der Waals surface area contributed by atoms with Gasteiger partial charge in [-0.25, -0.2) is 0 Å². The van der Waals surface area contributed by atoms with Crippen molar-refractivity contribution in [2.75, 3.05) is 13.1 Å². The summed E-state index contributed by atoms with van der Waals surface area (Å²) in [7, 11) is 0. The molecule has 1 aromatic rings. The first-order chi connectivity index (χ1) is 9.74. The minimum Gasteiger partial charge on any atom is -0.337 e. The third-order valence-corrected chi connectivity index (χ3v) is 5.11. The normalized spacial score (nSPS) is 29.1. The summed E-state index contributed by atoms with van der Waals surface area (Å²) >= 11 is 1.18. The fourth-order valence-corrected chi connectivity index (χ4v) is 3.83. The predicted molar refractivity (Wildman–Crippen MR) is 72.2 cm³/mol. The Morgan fingerprint density at radius 3 is 2.90 bits per heavy atom. The summed E-state index contributed by atoms with van der Waals surface area (Å²) in [4.78, 5) is 28.4. The molecule has 1 aromatic heterocycles. The lowest BCUT2D eigenvalue weighted by Gasteiger charge is -2.25. The highest BCUT2D eigenvalue weighted by Gasteiger charge is 2.49. The quantitative estimate of drug-likeness (QED) is 0.825. The predicted octanol–water partition coefficient (Wildman–Crippen LogP) is 0.764. The Bertz CT molecular complexity index is 543. The zero-order valence-electron chi connectivity index (χ0n) is 11.1. The summed E-state index contributed by atoms with van der Waals surface area (Å²) in [5.74, 6) is 0.832. The van der Waals surface area contributed by atoms with Crippen molar-refractivity contribution in [1.29, 1.82) is 0 Å². The highest BCUT2D eigenvalue weighted by atomic mass is 32.1. The molecule has 1 aliphatic carbocycles. The molecule has 2 atom stereocenters. The standard InChI is InChI=1S/C13H16N4O2S/c18-12-5-11-10(17(12)6-8-1-2-8)3-4-16(11)13(19)9-7-20-15-14-9/h7-8,10-11H,1-6H2/t10-,11-/m0/s1. The molecule has 0 N–H and O–H groups in total. The first kappa shape index (κ1) is 12.3. The Labute approximate surface area is 120 Å². The van der Waals surface area contributed by atoms with Gasteiger partial charge in [0.05, 0.1) is 12.1 Å². The monoisotopic (exact) mass is 292 g/mol. The van der Waals surface area contributed by atoms with Crippen LogP contribution in [0.4, 0.5) is 0 Å². The maximum Gasteiger partial charge on any atom is 0.275 e. The van der Waals surface area contributed by atoms with Crippen molar-refractivity contribution in [1.82, 2.24) is 19.4 Å². The summed E-state index contributed by atoms with van der Waals surface area (Å²) < 4.78 is 3.74. The van der Waals surface area contributed by atoms with Gasteiger partial charge in [-0.1, -0.05) is 4.49 Å². The van der Waals surface area contributed by atoms with Crippen LogP contribution in [0.25, 0.3) is 0 Å². The van der Waals surface area contributed by atoms with Crippen LogP contribution < -0.4 is 0 Å². The molecule has 0 unspecified atom stereocenters. The molecule has 0 spiro atoms. The van der Waals surface area contributed by atoms with Crippen molar-refractivity contribution in [3.63, 3.8) is 0 Å². The van der Waals surface area contributed by atoms with Crippen molar-refractivity contribution >= 4 is 23.3 Å². The number of hydrogen-bond donors (Lipinski definition) is 0. The summed E-state index contributed by atoms with van der Waals surface area (Å²) in [6.07, 6.45) is 3.86. The number of aromatic nitrogens is 2. The Hall–Kier alpha value is -1.50. The van der Waals surface area contributed by atoms with Crippen molar-refractivity contribution in [3.05, 3.63) is 11.1 Å². The summed E-state index contributed by atoms with van der Waals surface area (Å²) in [6.45, 7) is 1.61. The molecule has 1 saturated carbocycles. The van der Waals surface area contributed by atoms with Crippen LogP contribution in [-0.4, -0.2) is 56.4 Å². The molecule has 3 fully saturated rings. The van der Waals surface area contributed by atoms with E-state index in [9.17, 15) is 9.59 Å². The molecular formula is C13H16N4O2S. The van der Waals surface area contributed by atoms with E-state index in [4.69, 9.17) is 0 Å². The fraction of sp³-hybridized carbons (Fsp3) is 0.692. The molecule has 4 rings (SSSR count). The zero-order chi connectivity index (χ0) is 13.7. The van der Waals surface area contributed by atoms with E-state index >= 15 is 0 Å². The second kappa shape index (κ2) is 4.51. The van der Waals surface area contributed by atoms with E-state index in [-0.39, 0.29) is 23.9 Å². The third-order valence-electron chi connectivity index (χ3n) is 4.61. The van der Waals surface area contributed by atoms with E-state index in [1.807, 2.05) is 9.80 Å². The average Bonchev–Trinajstić information content (AvgIpc) is 2.87. The van der Waals surface area contributed by atoms with Crippen LogP contribution in [0.2, 0.25) is 0 Å². The van der Waals surface area contributed by atoms with Crippen LogP contribution in [0.1, 0.15) is 36.2 Å². The molecule has 3 heterocycles. The first-order valence-corrected chi connectivity index (χ1v) is 7.95. The number of carbonyl (C=O) groups excluding carboxylic acids is 2. The van der Waals surface area contributed by atoms with Gasteiger partial charge in [-0.3, -0.25) is 9.59 Å². The molecule has 2 aliphatic heterocycles. The SMILES string of the molecule is O=C1C[C@H]2[C@H](CCN2C(=O)c2csnn2)N1CC1CC1. The second-order valence-electron chi connectivity index (χ2n) is 5.91. The van der Waals surface area contributed by atoms with E-state index in [0.717, 1.165) is 19.5 Å². The number of likely N-dealkylation sites (tertiary alicyclic amines) is 2. The molecule has 106 valence electrons. The summed E-state index contributed by atoms with van der Waals surface area (Å²) in [5.41, 5.74) is 0.406. The molecule has 7 heteroatoms. The molecular weight excluding hydrogens is 276 g/mol. The van der Waals surface area contributed by atoms with Crippen molar-refractivity contribution in [2.45, 2.75) is 37.8 Å². The average molecular weight is 292 g/mol. The minimum atomic E-state index is -0.0766. The highest BCUT2D eigenvalue weighted by molar-refractivity contribution is 7.03. The summed E-state index contributed by atoms with van der Waals surface area (Å²) in [5, 5.41) is 5.53. The molecule has 0 aromatic carbocycles. The Kier molecular flexibility index (Phi) is 2.76. The summed E-state index contributed by atoms with van der Waals surface area (Å²) in [6, 6.07) is 0.258. The Balaban J connectivity index is 1.52. The number of nitrogens with zero attached hydrogens (tertiary/aromatic N) is 4. The van der Waals surface area contributed by atoms with Gasteiger partial charge >= 0.3 is 0 Å². The molecule has 2 amide bonds. The van der Waals surface area contributed by atoms with Crippen LogP contribution in [-0.2, 0) is 4.79 Å². The number of rotatable bonds is 3. The van der Waals surface area contributed by atoms with Crippen molar-refractivity contribution in [3.8, 4) is 0 Å². The molecule has 0 bridgehead atoms. The molecule has 6 nitrogen and oxygen atoms in total.